The van der Waals surface area contributed by atoms with E-state index in [9.17, 15) is 13.2 Å². The van der Waals surface area contributed by atoms with Gasteiger partial charge in [0.15, 0.2) is 9.84 Å². The Bertz CT molecular complexity index is 781. The minimum absolute atomic E-state index is 0.204. The fourth-order valence-corrected chi connectivity index (χ4v) is 2.49. The number of carbonyl (C=O) groups is 1. The van der Waals surface area contributed by atoms with Crippen LogP contribution in [0.5, 0.6) is 0 Å². The number of nitrogens with two attached hydrogens (primary N) is 1. The van der Waals surface area contributed by atoms with Crippen LogP contribution in [0.4, 0.5) is 11.4 Å². The monoisotopic (exact) mass is 304 g/mol. The van der Waals surface area contributed by atoms with E-state index in [4.69, 9.17) is 5.73 Å². The third-order valence-corrected chi connectivity index (χ3v) is 4.24. The highest BCUT2D eigenvalue weighted by Gasteiger charge is 2.12. The molecule has 1 amide bonds. The Labute approximate surface area is 123 Å². The van der Waals surface area contributed by atoms with Gasteiger partial charge in [-0.2, -0.15) is 0 Å². The number of nitrogen functional groups attached to an aromatic ring is 1. The summed E-state index contributed by atoms with van der Waals surface area (Å²) in [7, 11) is -3.25. The second kappa shape index (κ2) is 5.57. The second-order valence-electron chi connectivity index (χ2n) is 4.79. The molecule has 0 aliphatic rings. The molecule has 0 atom stereocenters. The van der Waals surface area contributed by atoms with Gasteiger partial charge < -0.3 is 11.1 Å². The number of sulfone groups is 1. The predicted octanol–water partition coefficient (Wildman–Crippen LogP) is 2.23. The van der Waals surface area contributed by atoms with Crippen molar-refractivity contribution in [3.05, 3.63) is 53.6 Å². The van der Waals surface area contributed by atoms with Crippen LogP contribution in [0, 0.1) is 6.92 Å². The van der Waals surface area contributed by atoms with Crippen molar-refractivity contribution in [3.63, 3.8) is 0 Å². The highest BCUT2D eigenvalue weighted by molar-refractivity contribution is 7.90. The molecule has 2 aromatic rings. The average Bonchev–Trinajstić information content (AvgIpc) is 2.41. The zero-order valence-corrected chi connectivity index (χ0v) is 12.6. The number of hydrogen-bond acceptors (Lipinski definition) is 4. The molecule has 2 rings (SSSR count). The van der Waals surface area contributed by atoms with Gasteiger partial charge in [0.1, 0.15) is 0 Å². The van der Waals surface area contributed by atoms with Gasteiger partial charge in [-0.3, -0.25) is 4.79 Å². The quantitative estimate of drug-likeness (QED) is 0.851. The maximum atomic E-state index is 12.2. The predicted molar refractivity (Wildman–Crippen MR) is 83.1 cm³/mol. The molecule has 6 heteroatoms. The first-order valence-electron chi connectivity index (χ1n) is 6.25. The van der Waals surface area contributed by atoms with Gasteiger partial charge in [0.25, 0.3) is 5.91 Å². The molecule has 0 aliphatic heterocycles. The molecule has 0 saturated heterocycles. The number of aryl methyl sites for hydroxylation is 1. The van der Waals surface area contributed by atoms with Gasteiger partial charge in [0.05, 0.1) is 10.5 Å². The van der Waals surface area contributed by atoms with Crippen molar-refractivity contribution in [2.45, 2.75) is 11.8 Å². The number of nitrogens with one attached hydrogen (secondary N) is 1. The topological polar surface area (TPSA) is 89.3 Å². The zero-order chi connectivity index (χ0) is 15.6. The van der Waals surface area contributed by atoms with Crippen molar-refractivity contribution in [2.24, 2.45) is 0 Å². The summed E-state index contributed by atoms with van der Waals surface area (Å²) in [6.45, 7) is 1.83. The van der Waals surface area contributed by atoms with Crippen LogP contribution in [0.25, 0.3) is 0 Å². The van der Waals surface area contributed by atoms with Gasteiger partial charge in [-0.15, -0.1) is 0 Å². The molecule has 0 fully saturated rings. The lowest BCUT2D eigenvalue weighted by Gasteiger charge is -2.09. The fraction of sp³-hybridized carbons (Fsp3) is 0.133. The van der Waals surface area contributed by atoms with E-state index in [1.54, 1.807) is 24.3 Å². The minimum Gasteiger partial charge on any atom is -0.398 e. The highest BCUT2D eigenvalue weighted by Crippen LogP contribution is 2.19. The van der Waals surface area contributed by atoms with E-state index in [0.29, 0.717) is 16.9 Å². The SMILES string of the molecule is Cc1cccc(C(=O)Nc2ccc(S(C)(=O)=O)cc2)c1N. The van der Waals surface area contributed by atoms with Crippen LogP contribution in [0.3, 0.4) is 0 Å². The molecule has 3 N–H and O–H groups in total. The molecule has 0 bridgehead atoms. The van der Waals surface area contributed by atoms with Crippen molar-refractivity contribution in [2.75, 3.05) is 17.3 Å². The van der Waals surface area contributed by atoms with Crippen LogP contribution in [0.15, 0.2) is 47.4 Å². The molecule has 0 aromatic heterocycles. The molecular weight excluding hydrogens is 288 g/mol. The molecule has 2 aromatic carbocycles. The van der Waals surface area contributed by atoms with E-state index in [0.717, 1.165) is 11.8 Å². The van der Waals surface area contributed by atoms with Crippen LogP contribution in [0.1, 0.15) is 15.9 Å². The number of benzene rings is 2. The van der Waals surface area contributed by atoms with Crippen molar-refractivity contribution in [1.29, 1.82) is 0 Å². The van der Waals surface area contributed by atoms with Gasteiger partial charge in [-0.25, -0.2) is 8.42 Å². The second-order valence-corrected chi connectivity index (χ2v) is 6.80. The van der Waals surface area contributed by atoms with Crippen molar-refractivity contribution < 1.29 is 13.2 Å². The Hall–Kier alpha value is -2.34. The first-order valence-corrected chi connectivity index (χ1v) is 8.15. The summed E-state index contributed by atoms with van der Waals surface area (Å²) in [5, 5.41) is 2.69. The largest absolute Gasteiger partial charge is 0.398 e. The van der Waals surface area contributed by atoms with Crippen LogP contribution in [-0.2, 0) is 9.84 Å². The minimum atomic E-state index is -3.25. The Morgan fingerprint density at radius 3 is 2.29 bits per heavy atom. The number of carbonyl (C=O) groups excluding carboxylic acids is 1. The summed E-state index contributed by atoms with van der Waals surface area (Å²) in [6.07, 6.45) is 1.13. The van der Waals surface area contributed by atoms with E-state index >= 15 is 0 Å². The first-order chi connectivity index (χ1) is 9.79. The number of para-hydroxylation sites is 1. The van der Waals surface area contributed by atoms with Gasteiger partial charge in [0.2, 0.25) is 0 Å². The van der Waals surface area contributed by atoms with Crippen LogP contribution < -0.4 is 11.1 Å². The lowest BCUT2D eigenvalue weighted by molar-refractivity contribution is 0.102. The summed E-state index contributed by atoms with van der Waals surface area (Å²) in [6, 6.07) is 11.2. The smallest absolute Gasteiger partial charge is 0.257 e. The molecule has 110 valence electrons. The van der Waals surface area contributed by atoms with E-state index in [1.165, 1.54) is 12.1 Å². The number of hydrogen-bond donors (Lipinski definition) is 2. The number of anilines is 2. The molecule has 0 aliphatic carbocycles. The van der Waals surface area contributed by atoms with Crippen molar-refractivity contribution in [1.82, 2.24) is 0 Å². The Morgan fingerprint density at radius 2 is 1.71 bits per heavy atom. The molecule has 5 nitrogen and oxygen atoms in total. The van der Waals surface area contributed by atoms with Gasteiger partial charge in [-0.05, 0) is 42.8 Å². The van der Waals surface area contributed by atoms with Crippen LogP contribution >= 0.6 is 0 Å². The van der Waals surface area contributed by atoms with E-state index in [1.807, 2.05) is 13.0 Å². The Balaban J connectivity index is 2.22. The Kier molecular flexibility index (Phi) is 3.99. The van der Waals surface area contributed by atoms with Gasteiger partial charge in [0, 0.05) is 17.6 Å². The summed E-state index contributed by atoms with van der Waals surface area (Å²) in [5.41, 5.74) is 8.04. The van der Waals surface area contributed by atoms with Gasteiger partial charge >= 0.3 is 0 Å². The van der Waals surface area contributed by atoms with E-state index in [2.05, 4.69) is 5.32 Å². The van der Waals surface area contributed by atoms with Gasteiger partial charge in [-0.1, -0.05) is 12.1 Å². The van der Waals surface area contributed by atoms with E-state index < -0.39 is 9.84 Å². The summed E-state index contributed by atoms with van der Waals surface area (Å²) >= 11 is 0. The first kappa shape index (κ1) is 15.1. The molecule has 21 heavy (non-hydrogen) atoms. The number of amides is 1. The van der Waals surface area contributed by atoms with Crippen LogP contribution in [-0.4, -0.2) is 20.6 Å². The molecular formula is C15H16N2O3S. The van der Waals surface area contributed by atoms with Crippen molar-refractivity contribution >= 4 is 27.1 Å². The number of rotatable bonds is 3. The summed E-state index contributed by atoms with van der Waals surface area (Å²) < 4.78 is 22.7. The zero-order valence-electron chi connectivity index (χ0n) is 11.8. The Morgan fingerprint density at radius 1 is 1.10 bits per heavy atom. The summed E-state index contributed by atoms with van der Waals surface area (Å²) in [5.74, 6) is -0.330. The fourth-order valence-electron chi connectivity index (χ4n) is 1.86. The average molecular weight is 304 g/mol. The maximum absolute atomic E-state index is 12.2. The summed E-state index contributed by atoms with van der Waals surface area (Å²) in [4.78, 5) is 12.4. The third kappa shape index (κ3) is 3.41. The highest BCUT2D eigenvalue weighted by atomic mass is 32.2. The molecule has 0 unspecified atom stereocenters. The standard InChI is InChI=1S/C15H16N2O3S/c1-10-4-3-5-13(14(10)16)15(18)17-11-6-8-12(9-7-11)21(2,19)20/h3-9H,16H2,1-2H3,(H,17,18). The lowest BCUT2D eigenvalue weighted by Crippen LogP contribution is -2.14. The van der Waals surface area contributed by atoms with E-state index in [-0.39, 0.29) is 10.8 Å². The normalized spacial score (nSPS) is 11.1. The van der Waals surface area contributed by atoms with Crippen LogP contribution in [0.2, 0.25) is 0 Å². The van der Waals surface area contributed by atoms with Crippen molar-refractivity contribution in [3.8, 4) is 0 Å². The molecule has 0 saturated carbocycles. The molecule has 0 radical (unpaired) electrons. The lowest BCUT2D eigenvalue weighted by atomic mass is 10.1. The maximum Gasteiger partial charge on any atom is 0.257 e. The molecule has 0 spiro atoms. The molecule has 0 heterocycles. The third-order valence-electron chi connectivity index (χ3n) is 3.11.